The lowest BCUT2D eigenvalue weighted by atomic mass is 10.0. The van der Waals surface area contributed by atoms with E-state index in [0.717, 1.165) is 46.6 Å². The third-order valence-electron chi connectivity index (χ3n) is 5.16. The molecule has 3 nitrogen and oxygen atoms in total. The van der Waals surface area contributed by atoms with Gasteiger partial charge < -0.3 is 22.1 Å². The summed E-state index contributed by atoms with van der Waals surface area (Å²) in [6, 6.07) is 15.9. The predicted octanol–water partition coefficient (Wildman–Crippen LogP) is 1.76. The molecule has 2 aromatic rings. The van der Waals surface area contributed by atoms with E-state index in [2.05, 4.69) is 31.5 Å². The first-order valence-electron chi connectivity index (χ1n) is 8.73. The highest BCUT2D eigenvalue weighted by Gasteiger charge is 2.51. The van der Waals surface area contributed by atoms with E-state index >= 15 is 0 Å². The Balaban J connectivity index is 0.00000196. The second-order valence-corrected chi connectivity index (χ2v) is 8.12. The maximum Gasteiger partial charge on any atom is 0.271 e. The number of hydrogen-bond donors (Lipinski definition) is 1. The summed E-state index contributed by atoms with van der Waals surface area (Å²) in [4.78, 5) is 2.24. The van der Waals surface area contributed by atoms with Crippen molar-refractivity contribution in [1.29, 1.82) is 0 Å². The third-order valence-corrected chi connectivity index (χ3v) is 5.92. The Labute approximate surface area is 178 Å². The summed E-state index contributed by atoms with van der Waals surface area (Å²) in [5.74, 6) is 1.20. The fourth-order valence-electron chi connectivity index (χ4n) is 3.92. The number of benzene rings is 2. The predicted molar refractivity (Wildman–Crippen MR) is 105 cm³/mol. The molecule has 1 atom stereocenters. The summed E-state index contributed by atoms with van der Waals surface area (Å²) in [6.07, 6.45) is 4.43. The Morgan fingerprint density at radius 3 is 2.58 bits per heavy atom. The quantitative estimate of drug-likeness (QED) is 0.637. The fourth-order valence-corrected chi connectivity index (χ4v) is 4.37. The van der Waals surface area contributed by atoms with Gasteiger partial charge in [-0.15, -0.1) is 0 Å². The normalized spacial score (nSPS) is 22.7. The van der Waals surface area contributed by atoms with E-state index < -0.39 is 5.72 Å². The lowest BCUT2D eigenvalue weighted by molar-refractivity contribution is -0.658. The van der Waals surface area contributed by atoms with Gasteiger partial charge in [0.1, 0.15) is 5.69 Å². The van der Waals surface area contributed by atoms with Crippen LogP contribution in [0.1, 0.15) is 31.2 Å². The van der Waals surface area contributed by atoms with Gasteiger partial charge in [0, 0.05) is 27.5 Å². The van der Waals surface area contributed by atoms with Gasteiger partial charge in [0.15, 0.2) is 6.54 Å². The van der Waals surface area contributed by atoms with Crippen molar-refractivity contribution in [3.05, 3.63) is 63.6 Å². The molecule has 2 aliphatic rings. The first kappa shape index (κ1) is 19.9. The number of aliphatic hydroxyl groups is 1. The molecule has 0 amide bonds. The molecule has 1 N–H and O–H groups in total. The van der Waals surface area contributed by atoms with Crippen molar-refractivity contribution in [2.75, 3.05) is 18.0 Å². The second-order valence-electron chi connectivity index (χ2n) is 6.77. The number of anilines is 1. The molecule has 26 heavy (non-hydrogen) atoms. The lowest BCUT2D eigenvalue weighted by Crippen LogP contribution is -3.00. The SMILES string of the molecule is OC1(c2ccc(Br)cc2)CN(c2cccc(Cl)c2)C2=[N+]1CCCCC2.[Br-]. The second kappa shape index (κ2) is 8.01. The Bertz CT molecular complexity index is 825. The number of hydrogen-bond acceptors (Lipinski definition) is 2. The third kappa shape index (κ3) is 3.59. The van der Waals surface area contributed by atoms with Crippen molar-refractivity contribution in [3.63, 3.8) is 0 Å². The summed E-state index contributed by atoms with van der Waals surface area (Å²) < 4.78 is 3.22. The first-order valence-corrected chi connectivity index (χ1v) is 9.90. The molecule has 0 radical (unpaired) electrons. The van der Waals surface area contributed by atoms with Gasteiger partial charge in [-0.2, -0.15) is 0 Å². The van der Waals surface area contributed by atoms with Crippen molar-refractivity contribution in [2.45, 2.75) is 31.4 Å². The van der Waals surface area contributed by atoms with Crippen LogP contribution in [0.3, 0.4) is 0 Å². The van der Waals surface area contributed by atoms with Crippen LogP contribution >= 0.6 is 27.5 Å². The number of nitrogens with zero attached hydrogens (tertiary/aromatic N) is 2. The zero-order valence-electron chi connectivity index (χ0n) is 14.3. The van der Waals surface area contributed by atoms with E-state index in [1.807, 2.05) is 42.5 Å². The standard InChI is InChI=1S/C20H21BrClN2O.BrH/c21-16-10-8-15(9-11-16)20(25)14-23(18-6-4-5-17(22)13-18)19-7-2-1-3-12-24(19)20;/h4-6,8-11,13,25H,1-3,7,12,14H2;1H/q+1;/p-1. The van der Waals surface area contributed by atoms with Gasteiger partial charge in [0.05, 0.1) is 6.54 Å². The lowest BCUT2D eigenvalue weighted by Gasteiger charge is -2.23. The molecular formula is C20H21Br2ClN2O. The largest absolute Gasteiger partial charge is 1.00 e. The van der Waals surface area contributed by atoms with E-state index in [0.29, 0.717) is 6.54 Å². The minimum Gasteiger partial charge on any atom is -1.00 e. The van der Waals surface area contributed by atoms with Crippen molar-refractivity contribution in [1.82, 2.24) is 0 Å². The van der Waals surface area contributed by atoms with Gasteiger partial charge in [-0.05, 0) is 43.5 Å². The average molecular weight is 501 g/mol. The van der Waals surface area contributed by atoms with E-state index in [-0.39, 0.29) is 17.0 Å². The van der Waals surface area contributed by atoms with Crippen LogP contribution in [0, 0.1) is 0 Å². The summed E-state index contributed by atoms with van der Waals surface area (Å²) in [7, 11) is 0. The summed E-state index contributed by atoms with van der Waals surface area (Å²) in [5, 5.41) is 12.4. The van der Waals surface area contributed by atoms with Crippen LogP contribution < -0.4 is 21.9 Å². The topological polar surface area (TPSA) is 26.5 Å². The van der Waals surface area contributed by atoms with Gasteiger partial charge in [-0.3, -0.25) is 0 Å². The highest BCUT2D eigenvalue weighted by molar-refractivity contribution is 9.10. The minimum absolute atomic E-state index is 0. The fraction of sp³-hybridized carbons (Fsp3) is 0.350. The average Bonchev–Trinajstić information content (AvgIpc) is 2.76. The summed E-state index contributed by atoms with van der Waals surface area (Å²) in [6.45, 7) is 1.39. The molecule has 0 bridgehead atoms. The number of halogens is 3. The van der Waals surface area contributed by atoms with Crippen molar-refractivity contribution >= 4 is 39.1 Å². The molecule has 138 valence electrons. The van der Waals surface area contributed by atoms with Crippen LogP contribution in [0.2, 0.25) is 5.02 Å². The van der Waals surface area contributed by atoms with Crippen LogP contribution in [0.5, 0.6) is 0 Å². The van der Waals surface area contributed by atoms with Gasteiger partial charge in [-0.1, -0.05) is 45.7 Å². The summed E-state index contributed by atoms with van der Waals surface area (Å²) >= 11 is 9.70. The Kier molecular flexibility index (Phi) is 6.12. The molecule has 0 aliphatic carbocycles. The number of β-amino-alcohol motifs (C(OH)–C–C–N with tert-alkyl or cyclic N) is 1. The van der Waals surface area contributed by atoms with Crippen molar-refractivity contribution in [3.8, 4) is 0 Å². The van der Waals surface area contributed by atoms with Crippen molar-refractivity contribution < 1.29 is 26.7 Å². The molecule has 0 saturated carbocycles. The van der Waals surface area contributed by atoms with Gasteiger partial charge in [0.2, 0.25) is 0 Å². The first-order chi connectivity index (χ1) is 12.1. The van der Waals surface area contributed by atoms with Crippen LogP contribution in [0.25, 0.3) is 0 Å². The zero-order valence-corrected chi connectivity index (χ0v) is 18.3. The summed E-state index contributed by atoms with van der Waals surface area (Å²) in [5.41, 5.74) is 0.963. The van der Waals surface area contributed by atoms with E-state index in [4.69, 9.17) is 11.6 Å². The molecule has 1 unspecified atom stereocenters. The van der Waals surface area contributed by atoms with Gasteiger partial charge in [-0.25, -0.2) is 9.48 Å². The van der Waals surface area contributed by atoms with Crippen LogP contribution in [-0.2, 0) is 5.72 Å². The number of rotatable bonds is 2. The van der Waals surface area contributed by atoms with Crippen LogP contribution in [0.4, 0.5) is 5.69 Å². The molecule has 0 saturated heterocycles. The molecule has 2 heterocycles. The Hall–Kier alpha value is -0.880. The van der Waals surface area contributed by atoms with Crippen molar-refractivity contribution in [2.24, 2.45) is 0 Å². The van der Waals surface area contributed by atoms with Crippen LogP contribution in [0.15, 0.2) is 53.0 Å². The van der Waals surface area contributed by atoms with Gasteiger partial charge in [0.25, 0.3) is 11.6 Å². The monoisotopic (exact) mass is 498 g/mol. The van der Waals surface area contributed by atoms with E-state index in [9.17, 15) is 5.11 Å². The van der Waals surface area contributed by atoms with E-state index in [1.165, 1.54) is 12.3 Å². The Morgan fingerprint density at radius 2 is 1.85 bits per heavy atom. The van der Waals surface area contributed by atoms with Crippen LogP contribution in [-0.4, -0.2) is 28.6 Å². The highest BCUT2D eigenvalue weighted by atomic mass is 79.9. The molecule has 0 fully saturated rings. The maximum atomic E-state index is 11.7. The molecule has 2 aromatic carbocycles. The molecule has 4 rings (SSSR count). The highest BCUT2D eigenvalue weighted by Crippen LogP contribution is 2.36. The maximum absolute atomic E-state index is 11.7. The molecule has 0 spiro atoms. The number of amidine groups is 1. The Morgan fingerprint density at radius 1 is 1.08 bits per heavy atom. The minimum atomic E-state index is -1.01. The van der Waals surface area contributed by atoms with Gasteiger partial charge >= 0.3 is 0 Å². The zero-order chi connectivity index (χ0) is 17.4. The molecule has 2 aliphatic heterocycles. The van der Waals surface area contributed by atoms with E-state index in [1.54, 1.807) is 0 Å². The molecule has 0 aromatic heterocycles. The molecular weight excluding hydrogens is 479 g/mol. The smallest absolute Gasteiger partial charge is 0.271 e. The molecule has 6 heteroatoms.